The number of fused-ring (bicyclic) bond motifs is 1. The molecule has 0 aliphatic carbocycles. The molecule has 1 heterocycles. The molecule has 1 atom stereocenters. The molecule has 0 aromatic heterocycles. The molecule has 16 heavy (non-hydrogen) atoms. The van der Waals surface area contributed by atoms with E-state index in [4.69, 9.17) is 5.73 Å². The Balaban J connectivity index is 2.32. The van der Waals surface area contributed by atoms with Crippen LogP contribution in [0.3, 0.4) is 0 Å². The first kappa shape index (κ1) is 11.1. The fourth-order valence-corrected chi connectivity index (χ4v) is 2.19. The number of nitrogens with one attached hydrogen (secondary N) is 1. The molecule has 2 rings (SSSR count). The molecule has 1 amide bonds. The van der Waals surface area contributed by atoms with Crippen molar-refractivity contribution in [1.29, 1.82) is 0 Å². The van der Waals surface area contributed by atoms with Crippen LogP contribution in [0.2, 0.25) is 0 Å². The summed E-state index contributed by atoms with van der Waals surface area (Å²) >= 11 is 0. The predicted molar refractivity (Wildman–Crippen MR) is 65.4 cm³/mol. The van der Waals surface area contributed by atoms with Crippen LogP contribution in [-0.2, 0) is 11.2 Å². The summed E-state index contributed by atoms with van der Waals surface area (Å²) in [5, 5.41) is 2.97. The number of carbonyl (C=O) groups excluding carboxylic acids is 1. The van der Waals surface area contributed by atoms with Gasteiger partial charge in [-0.2, -0.15) is 0 Å². The minimum Gasteiger partial charge on any atom is -0.330 e. The monoisotopic (exact) mass is 218 g/mol. The zero-order valence-electron chi connectivity index (χ0n) is 9.84. The number of hydrogen-bond donors (Lipinski definition) is 2. The van der Waals surface area contributed by atoms with Crippen LogP contribution in [0.4, 0.5) is 5.69 Å². The number of benzene rings is 1. The van der Waals surface area contributed by atoms with Crippen LogP contribution in [0, 0.1) is 19.8 Å². The first-order valence-electron chi connectivity index (χ1n) is 5.73. The predicted octanol–water partition coefficient (Wildman–Crippen LogP) is 1.76. The summed E-state index contributed by atoms with van der Waals surface area (Å²) < 4.78 is 0. The first-order valence-corrected chi connectivity index (χ1v) is 5.73. The summed E-state index contributed by atoms with van der Waals surface area (Å²) in [6.45, 7) is 4.73. The van der Waals surface area contributed by atoms with Crippen LogP contribution in [0.5, 0.6) is 0 Å². The molecule has 0 radical (unpaired) electrons. The molecule has 1 unspecified atom stereocenters. The van der Waals surface area contributed by atoms with Gasteiger partial charge in [0.25, 0.3) is 0 Å². The summed E-state index contributed by atoms with van der Waals surface area (Å²) in [6, 6.07) is 4.23. The lowest BCUT2D eigenvalue weighted by Gasteiger charge is -2.25. The summed E-state index contributed by atoms with van der Waals surface area (Å²) in [4.78, 5) is 11.8. The average molecular weight is 218 g/mol. The van der Waals surface area contributed by atoms with E-state index >= 15 is 0 Å². The van der Waals surface area contributed by atoms with Crippen molar-refractivity contribution < 1.29 is 4.79 Å². The van der Waals surface area contributed by atoms with Crippen molar-refractivity contribution in [3.05, 3.63) is 28.8 Å². The number of carbonyl (C=O) groups is 1. The fraction of sp³-hybridized carbons (Fsp3) is 0.462. The molecule has 0 fully saturated rings. The summed E-state index contributed by atoms with van der Waals surface area (Å²) in [6.07, 6.45) is 1.58. The molecule has 3 N–H and O–H groups in total. The third-order valence-corrected chi connectivity index (χ3v) is 3.33. The molecular weight excluding hydrogens is 200 g/mol. The molecule has 86 valence electrons. The van der Waals surface area contributed by atoms with Gasteiger partial charge in [0, 0.05) is 11.6 Å². The molecule has 0 saturated carbocycles. The lowest BCUT2D eigenvalue weighted by Crippen LogP contribution is -2.31. The Labute approximate surface area is 96.0 Å². The SMILES string of the molecule is Cc1cc2c(cc1C)NC(=O)C(CCN)C2. The molecule has 3 nitrogen and oxygen atoms in total. The third kappa shape index (κ3) is 1.95. The zero-order chi connectivity index (χ0) is 11.7. The number of hydrogen-bond acceptors (Lipinski definition) is 2. The summed E-state index contributed by atoms with van der Waals surface area (Å²) in [5.41, 5.74) is 10.2. The van der Waals surface area contributed by atoms with E-state index < -0.39 is 0 Å². The van der Waals surface area contributed by atoms with Crippen molar-refractivity contribution in [2.45, 2.75) is 26.7 Å². The minimum atomic E-state index is 0.0413. The highest BCUT2D eigenvalue weighted by Crippen LogP contribution is 2.29. The Kier molecular flexibility index (Phi) is 2.97. The molecule has 1 aliphatic rings. The number of nitrogens with two attached hydrogens (primary N) is 1. The van der Waals surface area contributed by atoms with Crippen molar-refractivity contribution in [2.24, 2.45) is 11.7 Å². The number of anilines is 1. The number of aryl methyl sites for hydroxylation is 2. The van der Waals surface area contributed by atoms with Gasteiger partial charge in [-0.05, 0) is 56.0 Å². The zero-order valence-corrected chi connectivity index (χ0v) is 9.84. The Morgan fingerprint density at radius 1 is 1.38 bits per heavy atom. The fourth-order valence-electron chi connectivity index (χ4n) is 2.19. The topological polar surface area (TPSA) is 55.1 Å². The van der Waals surface area contributed by atoms with E-state index in [2.05, 4.69) is 31.3 Å². The smallest absolute Gasteiger partial charge is 0.227 e. The van der Waals surface area contributed by atoms with E-state index in [1.165, 1.54) is 16.7 Å². The third-order valence-electron chi connectivity index (χ3n) is 3.33. The quantitative estimate of drug-likeness (QED) is 0.794. The van der Waals surface area contributed by atoms with E-state index in [0.717, 1.165) is 18.5 Å². The Morgan fingerprint density at radius 3 is 2.75 bits per heavy atom. The summed E-state index contributed by atoms with van der Waals surface area (Å²) in [5.74, 6) is 0.154. The van der Waals surface area contributed by atoms with Gasteiger partial charge >= 0.3 is 0 Å². The molecule has 3 heteroatoms. The van der Waals surface area contributed by atoms with Gasteiger partial charge in [0.1, 0.15) is 0 Å². The van der Waals surface area contributed by atoms with E-state index in [9.17, 15) is 4.79 Å². The van der Waals surface area contributed by atoms with Crippen molar-refractivity contribution in [2.75, 3.05) is 11.9 Å². The first-order chi connectivity index (χ1) is 7.61. The van der Waals surface area contributed by atoms with Crippen LogP contribution in [0.25, 0.3) is 0 Å². The molecular formula is C13H18N2O. The molecule has 0 saturated heterocycles. The highest BCUT2D eigenvalue weighted by Gasteiger charge is 2.25. The number of amides is 1. The second kappa shape index (κ2) is 4.26. The van der Waals surface area contributed by atoms with Crippen molar-refractivity contribution >= 4 is 11.6 Å². The van der Waals surface area contributed by atoms with Gasteiger partial charge in [0.15, 0.2) is 0 Å². The molecule has 0 spiro atoms. The highest BCUT2D eigenvalue weighted by molar-refractivity contribution is 5.95. The van der Waals surface area contributed by atoms with E-state index in [0.29, 0.717) is 6.54 Å². The van der Waals surface area contributed by atoms with Crippen LogP contribution >= 0.6 is 0 Å². The van der Waals surface area contributed by atoms with Crippen LogP contribution < -0.4 is 11.1 Å². The maximum atomic E-state index is 11.8. The van der Waals surface area contributed by atoms with Crippen molar-refractivity contribution in [3.63, 3.8) is 0 Å². The summed E-state index contributed by atoms with van der Waals surface area (Å²) in [7, 11) is 0. The Morgan fingerprint density at radius 2 is 2.06 bits per heavy atom. The van der Waals surface area contributed by atoms with Gasteiger partial charge in [-0.15, -0.1) is 0 Å². The normalized spacial score (nSPS) is 19.2. The van der Waals surface area contributed by atoms with Gasteiger partial charge in [-0.25, -0.2) is 0 Å². The van der Waals surface area contributed by atoms with Gasteiger partial charge < -0.3 is 11.1 Å². The van der Waals surface area contributed by atoms with Gasteiger partial charge in [-0.3, -0.25) is 4.79 Å². The van der Waals surface area contributed by atoms with E-state index in [1.54, 1.807) is 0 Å². The molecule has 0 bridgehead atoms. The molecule has 1 aromatic carbocycles. The Hall–Kier alpha value is -1.35. The van der Waals surface area contributed by atoms with E-state index in [-0.39, 0.29) is 11.8 Å². The number of rotatable bonds is 2. The standard InChI is InChI=1S/C13H18N2O/c1-8-5-11-7-10(3-4-14)13(16)15-12(11)6-9(8)2/h5-6,10H,3-4,7,14H2,1-2H3,(H,15,16). The minimum absolute atomic E-state index is 0.0413. The van der Waals surface area contributed by atoms with Crippen LogP contribution in [0.1, 0.15) is 23.1 Å². The van der Waals surface area contributed by atoms with Gasteiger partial charge in [0.2, 0.25) is 5.91 Å². The maximum absolute atomic E-state index is 11.8. The molecule has 1 aliphatic heterocycles. The van der Waals surface area contributed by atoms with Crippen molar-refractivity contribution in [3.8, 4) is 0 Å². The van der Waals surface area contributed by atoms with Crippen LogP contribution in [-0.4, -0.2) is 12.5 Å². The second-order valence-electron chi connectivity index (χ2n) is 4.56. The van der Waals surface area contributed by atoms with Crippen LogP contribution in [0.15, 0.2) is 12.1 Å². The average Bonchev–Trinajstić information content (AvgIpc) is 2.23. The van der Waals surface area contributed by atoms with Gasteiger partial charge in [-0.1, -0.05) is 6.07 Å². The van der Waals surface area contributed by atoms with Crippen molar-refractivity contribution in [1.82, 2.24) is 0 Å². The largest absolute Gasteiger partial charge is 0.330 e. The lowest BCUT2D eigenvalue weighted by molar-refractivity contribution is -0.120. The van der Waals surface area contributed by atoms with E-state index in [1.807, 2.05) is 0 Å². The molecule has 1 aromatic rings. The lowest BCUT2D eigenvalue weighted by atomic mass is 9.89. The second-order valence-corrected chi connectivity index (χ2v) is 4.56. The maximum Gasteiger partial charge on any atom is 0.227 e. The Bertz CT molecular complexity index is 426. The van der Waals surface area contributed by atoms with Gasteiger partial charge in [0.05, 0.1) is 0 Å². The highest BCUT2D eigenvalue weighted by atomic mass is 16.1.